The fraction of sp³-hybridized carbons (Fsp3) is 0.222. The maximum absolute atomic E-state index is 12.2. The average molecular weight is 387 g/mol. The number of hydrogen-bond donors (Lipinski definition) is 2. The summed E-state index contributed by atoms with van der Waals surface area (Å²) in [4.78, 5) is 12.2. The molecule has 2 aliphatic rings. The van der Waals surface area contributed by atoms with Gasteiger partial charge < -0.3 is 0 Å². The van der Waals surface area contributed by atoms with Gasteiger partial charge in [0, 0.05) is 22.9 Å². The first kappa shape index (κ1) is 17.0. The third-order valence-corrected chi connectivity index (χ3v) is 7.39. The third kappa shape index (κ3) is 3.30. The van der Waals surface area contributed by atoms with Gasteiger partial charge in [-0.15, -0.1) is 11.3 Å². The lowest BCUT2D eigenvalue weighted by Crippen LogP contribution is -2.35. The van der Waals surface area contributed by atoms with Crippen LogP contribution in [0.2, 0.25) is 0 Å². The molecular weight excluding hydrogens is 370 g/mol. The summed E-state index contributed by atoms with van der Waals surface area (Å²) in [5.41, 5.74) is 4.42. The standard InChI is InChI=1S/C18H17N3O3S2/c22-18(20-19-16-11-13-3-1-4-15(13)16)12-6-8-14(9-7-12)21-26(23,24)17-5-2-10-25-17/h1-2,4-10,13,15,21H,3,11H2,(H,20,22)/b19-16+. The first-order valence-corrected chi connectivity index (χ1v) is 10.6. The number of amides is 1. The highest BCUT2D eigenvalue weighted by Gasteiger charge is 2.37. The van der Waals surface area contributed by atoms with Gasteiger partial charge in [-0.25, -0.2) is 13.8 Å². The molecule has 2 atom stereocenters. The van der Waals surface area contributed by atoms with E-state index in [1.165, 1.54) is 0 Å². The van der Waals surface area contributed by atoms with Gasteiger partial charge in [-0.1, -0.05) is 18.2 Å². The fourth-order valence-corrected chi connectivity index (χ4v) is 5.21. The van der Waals surface area contributed by atoms with E-state index in [0.717, 1.165) is 29.9 Å². The van der Waals surface area contributed by atoms with Crippen LogP contribution in [-0.2, 0) is 10.0 Å². The molecule has 134 valence electrons. The molecule has 0 aliphatic heterocycles. The van der Waals surface area contributed by atoms with Crippen LogP contribution in [0, 0.1) is 11.8 Å². The third-order valence-electron chi connectivity index (χ3n) is 4.61. The van der Waals surface area contributed by atoms with Crippen LogP contribution < -0.4 is 10.1 Å². The molecule has 2 unspecified atom stereocenters. The molecule has 0 radical (unpaired) electrons. The topological polar surface area (TPSA) is 87.6 Å². The van der Waals surface area contributed by atoms with Crippen molar-refractivity contribution in [1.29, 1.82) is 0 Å². The molecular formula is C18H17N3O3S2. The Morgan fingerprint density at radius 3 is 2.69 bits per heavy atom. The molecule has 2 aliphatic carbocycles. The molecule has 2 aromatic rings. The van der Waals surface area contributed by atoms with E-state index in [1.807, 2.05) is 0 Å². The molecule has 1 aromatic heterocycles. The van der Waals surface area contributed by atoms with Gasteiger partial charge in [-0.05, 0) is 54.5 Å². The van der Waals surface area contributed by atoms with E-state index in [9.17, 15) is 13.2 Å². The normalized spacial score (nSPS) is 22.7. The lowest BCUT2D eigenvalue weighted by atomic mass is 9.74. The zero-order valence-corrected chi connectivity index (χ0v) is 15.4. The number of sulfonamides is 1. The van der Waals surface area contributed by atoms with Crippen LogP contribution in [0.5, 0.6) is 0 Å². The monoisotopic (exact) mass is 387 g/mol. The molecule has 1 saturated carbocycles. The summed E-state index contributed by atoms with van der Waals surface area (Å²) < 4.78 is 27.1. The first-order chi connectivity index (χ1) is 12.5. The molecule has 1 aromatic carbocycles. The first-order valence-electron chi connectivity index (χ1n) is 8.23. The van der Waals surface area contributed by atoms with Gasteiger partial charge in [0.2, 0.25) is 0 Å². The highest BCUT2D eigenvalue weighted by atomic mass is 32.2. The van der Waals surface area contributed by atoms with Crippen molar-refractivity contribution >= 4 is 38.7 Å². The number of allylic oxidation sites excluding steroid dienone is 2. The quantitative estimate of drug-likeness (QED) is 0.610. The highest BCUT2D eigenvalue weighted by molar-refractivity contribution is 7.94. The van der Waals surface area contributed by atoms with E-state index in [-0.39, 0.29) is 10.1 Å². The molecule has 0 bridgehead atoms. The largest absolute Gasteiger partial charge is 0.279 e. The second kappa shape index (κ2) is 6.69. The van der Waals surface area contributed by atoms with Crippen LogP contribution in [0.25, 0.3) is 0 Å². The highest BCUT2D eigenvalue weighted by Crippen LogP contribution is 2.40. The van der Waals surface area contributed by atoms with Crippen LogP contribution in [0.4, 0.5) is 5.69 Å². The van der Waals surface area contributed by atoms with E-state index in [0.29, 0.717) is 23.1 Å². The van der Waals surface area contributed by atoms with E-state index in [2.05, 4.69) is 27.4 Å². The predicted octanol–water partition coefficient (Wildman–Crippen LogP) is 3.23. The van der Waals surface area contributed by atoms with Gasteiger partial charge >= 0.3 is 0 Å². The summed E-state index contributed by atoms with van der Waals surface area (Å²) in [6.07, 6.45) is 6.34. The Labute approximate surface area is 155 Å². The Bertz CT molecular complexity index is 977. The second-order valence-electron chi connectivity index (χ2n) is 6.31. The van der Waals surface area contributed by atoms with Gasteiger partial charge in [-0.3, -0.25) is 9.52 Å². The molecule has 26 heavy (non-hydrogen) atoms. The van der Waals surface area contributed by atoms with Crippen LogP contribution >= 0.6 is 11.3 Å². The maximum atomic E-state index is 12.2. The average Bonchev–Trinajstić information content (AvgIpc) is 3.26. The Hall–Kier alpha value is -2.45. The SMILES string of the molecule is O=C(N/N=C1\CC2CC=CC12)c1ccc(NS(=O)(=O)c2cccs2)cc1. The van der Waals surface area contributed by atoms with Crippen molar-refractivity contribution < 1.29 is 13.2 Å². The van der Waals surface area contributed by atoms with Crippen LogP contribution in [-0.4, -0.2) is 20.0 Å². The molecule has 1 amide bonds. The molecule has 2 N–H and O–H groups in total. The molecule has 0 spiro atoms. The van der Waals surface area contributed by atoms with Crippen molar-refractivity contribution in [3.8, 4) is 0 Å². The molecule has 6 nitrogen and oxygen atoms in total. The summed E-state index contributed by atoms with van der Waals surface area (Å²) in [6, 6.07) is 9.48. The van der Waals surface area contributed by atoms with Gasteiger partial charge in [0.05, 0.1) is 0 Å². The Balaban J connectivity index is 1.39. The zero-order chi connectivity index (χ0) is 18.1. The lowest BCUT2D eigenvalue weighted by Gasteiger charge is -2.31. The van der Waals surface area contributed by atoms with Crippen molar-refractivity contribution in [1.82, 2.24) is 5.43 Å². The smallest absolute Gasteiger partial charge is 0.271 e. The maximum Gasteiger partial charge on any atom is 0.271 e. The summed E-state index contributed by atoms with van der Waals surface area (Å²) in [6.45, 7) is 0. The number of thiophene rings is 1. The van der Waals surface area contributed by atoms with Gasteiger partial charge in [0.15, 0.2) is 0 Å². The minimum atomic E-state index is -3.59. The van der Waals surface area contributed by atoms with Crippen molar-refractivity contribution in [3.63, 3.8) is 0 Å². The molecule has 8 heteroatoms. The summed E-state index contributed by atoms with van der Waals surface area (Å²) >= 11 is 1.15. The number of hydrazone groups is 1. The number of hydrogen-bond acceptors (Lipinski definition) is 5. The molecule has 1 heterocycles. The Kier molecular flexibility index (Phi) is 4.37. The van der Waals surface area contributed by atoms with Crippen LogP contribution in [0.15, 0.2) is 63.2 Å². The lowest BCUT2D eigenvalue weighted by molar-refractivity contribution is 0.0954. The minimum absolute atomic E-state index is 0.245. The van der Waals surface area contributed by atoms with E-state index >= 15 is 0 Å². The molecule has 4 rings (SSSR count). The summed E-state index contributed by atoms with van der Waals surface area (Å²) in [5.74, 6) is 0.723. The van der Waals surface area contributed by atoms with Crippen LogP contribution in [0.3, 0.4) is 0 Å². The van der Waals surface area contributed by atoms with Crippen molar-refractivity contribution in [2.24, 2.45) is 16.9 Å². The van der Waals surface area contributed by atoms with Gasteiger partial charge in [-0.2, -0.15) is 5.10 Å². The number of nitrogens with zero attached hydrogens (tertiary/aromatic N) is 1. The van der Waals surface area contributed by atoms with E-state index < -0.39 is 10.0 Å². The summed E-state index contributed by atoms with van der Waals surface area (Å²) in [5, 5.41) is 5.92. The van der Waals surface area contributed by atoms with Crippen molar-refractivity contribution in [3.05, 3.63) is 59.5 Å². The molecule has 0 saturated heterocycles. The predicted molar refractivity (Wildman–Crippen MR) is 102 cm³/mol. The number of rotatable bonds is 5. The number of nitrogens with one attached hydrogen (secondary N) is 2. The van der Waals surface area contributed by atoms with Gasteiger partial charge in [0.1, 0.15) is 4.21 Å². The second-order valence-corrected chi connectivity index (χ2v) is 9.17. The van der Waals surface area contributed by atoms with Crippen molar-refractivity contribution in [2.45, 2.75) is 17.1 Å². The van der Waals surface area contributed by atoms with Crippen molar-refractivity contribution in [2.75, 3.05) is 4.72 Å². The number of carbonyl (C=O) groups is 1. The Morgan fingerprint density at radius 2 is 2.00 bits per heavy atom. The van der Waals surface area contributed by atoms with Gasteiger partial charge in [0.25, 0.3) is 15.9 Å². The van der Waals surface area contributed by atoms with E-state index in [4.69, 9.17) is 0 Å². The van der Waals surface area contributed by atoms with E-state index in [1.54, 1.807) is 41.8 Å². The Morgan fingerprint density at radius 1 is 1.19 bits per heavy atom. The summed E-state index contributed by atoms with van der Waals surface area (Å²) in [7, 11) is -3.59. The zero-order valence-electron chi connectivity index (χ0n) is 13.8. The molecule has 1 fully saturated rings. The van der Waals surface area contributed by atoms with Crippen LogP contribution in [0.1, 0.15) is 23.2 Å². The fourth-order valence-electron chi connectivity index (χ4n) is 3.16. The minimum Gasteiger partial charge on any atom is -0.279 e. The number of carbonyl (C=O) groups excluding carboxylic acids is 1. The number of anilines is 1. The number of fused-ring (bicyclic) bond motifs is 1. The number of benzene rings is 1.